The van der Waals surface area contributed by atoms with E-state index < -0.39 is 5.97 Å². The number of carbonyl (C=O) groups is 2. The van der Waals surface area contributed by atoms with Gasteiger partial charge in [-0.2, -0.15) is 0 Å². The molecule has 1 saturated heterocycles. The number of ether oxygens (including phenoxy) is 1. The Kier molecular flexibility index (Phi) is 5.65. The van der Waals surface area contributed by atoms with E-state index in [0.29, 0.717) is 31.2 Å². The standard InChI is InChI=1S/C19H27NO4/c1-13-5-6-14(18(22)23)11-16(13)17(21)20-9-7-15(8-10-20)19(2,3)12-24-4/h5-6,11,15H,7-10,12H2,1-4H3,(H,22,23). The van der Waals surface area contributed by atoms with Crippen molar-refractivity contribution in [1.82, 2.24) is 4.90 Å². The van der Waals surface area contributed by atoms with Crippen LogP contribution in [0.3, 0.4) is 0 Å². The van der Waals surface area contributed by atoms with Crippen molar-refractivity contribution in [3.63, 3.8) is 0 Å². The van der Waals surface area contributed by atoms with Crippen molar-refractivity contribution < 1.29 is 19.4 Å². The summed E-state index contributed by atoms with van der Waals surface area (Å²) in [6.07, 6.45) is 1.89. The fraction of sp³-hybridized carbons (Fsp3) is 0.579. The van der Waals surface area contributed by atoms with Crippen LogP contribution in [-0.4, -0.2) is 48.7 Å². The molecule has 1 heterocycles. The fourth-order valence-corrected chi connectivity index (χ4v) is 3.51. The maximum absolute atomic E-state index is 12.8. The molecule has 1 aromatic rings. The molecule has 1 aliphatic heterocycles. The van der Waals surface area contributed by atoms with Gasteiger partial charge in [0.2, 0.25) is 0 Å². The highest BCUT2D eigenvalue weighted by Crippen LogP contribution is 2.35. The van der Waals surface area contributed by atoms with E-state index >= 15 is 0 Å². The second-order valence-corrected chi connectivity index (χ2v) is 7.32. The number of carbonyl (C=O) groups excluding carboxylic acids is 1. The van der Waals surface area contributed by atoms with Gasteiger partial charge in [-0.1, -0.05) is 19.9 Å². The van der Waals surface area contributed by atoms with Crippen LogP contribution in [-0.2, 0) is 4.74 Å². The minimum Gasteiger partial charge on any atom is -0.478 e. The Morgan fingerprint density at radius 1 is 1.29 bits per heavy atom. The summed E-state index contributed by atoms with van der Waals surface area (Å²) in [6, 6.07) is 4.72. The lowest BCUT2D eigenvalue weighted by atomic mass is 9.74. The zero-order valence-electron chi connectivity index (χ0n) is 15.0. The highest BCUT2D eigenvalue weighted by molar-refractivity contribution is 5.98. The van der Waals surface area contributed by atoms with E-state index in [9.17, 15) is 9.59 Å². The lowest BCUT2D eigenvalue weighted by Gasteiger charge is -2.40. The highest BCUT2D eigenvalue weighted by atomic mass is 16.5. The van der Waals surface area contributed by atoms with Gasteiger partial charge in [0, 0.05) is 25.8 Å². The van der Waals surface area contributed by atoms with Crippen molar-refractivity contribution in [1.29, 1.82) is 0 Å². The van der Waals surface area contributed by atoms with E-state index in [1.54, 1.807) is 13.2 Å². The largest absolute Gasteiger partial charge is 0.478 e. The summed E-state index contributed by atoms with van der Waals surface area (Å²) < 4.78 is 5.32. The van der Waals surface area contributed by atoms with Gasteiger partial charge < -0.3 is 14.7 Å². The summed E-state index contributed by atoms with van der Waals surface area (Å²) in [5.74, 6) is -0.560. The van der Waals surface area contributed by atoms with E-state index in [4.69, 9.17) is 9.84 Å². The van der Waals surface area contributed by atoms with Crippen molar-refractivity contribution in [2.75, 3.05) is 26.8 Å². The molecular weight excluding hydrogens is 306 g/mol. The van der Waals surface area contributed by atoms with E-state index in [-0.39, 0.29) is 16.9 Å². The number of benzene rings is 1. The molecule has 0 aromatic heterocycles. The predicted molar refractivity (Wildman–Crippen MR) is 92.4 cm³/mol. The lowest BCUT2D eigenvalue weighted by molar-refractivity contribution is 0.0254. The van der Waals surface area contributed by atoms with Crippen LogP contribution in [0.5, 0.6) is 0 Å². The SMILES string of the molecule is COCC(C)(C)C1CCN(C(=O)c2cc(C(=O)O)ccc2C)CC1. The number of carboxylic acids is 1. The Hall–Kier alpha value is -1.88. The lowest BCUT2D eigenvalue weighted by Crippen LogP contribution is -2.43. The third-order valence-electron chi connectivity index (χ3n) is 5.12. The number of hydrogen-bond acceptors (Lipinski definition) is 3. The molecule has 2 rings (SSSR count). The van der Waals surface area contributed by atoms with Crippen molar-refractivity contribution in [2.24, 2.45) is 11.3 Å². The summed E-state index contributed by atoms with van der Waals surface area (Å²) in [6.45, 7) is 8.37. The number of amides is 1. The Balaban J connectivity index is 2.08. The quantitative estimate of drug-likeness (QED) is 0.898. The van der Waals surface area contributed by atoms with E-state index in [1.807, 2.05) is 11.8 Å². The normalized spacial score (nSPS) is 16.2. The van der Waals surface area contributed by atoms with Crippen molar-refractivity contribution in [3.8, 4) is 0 Å². The van der Waals surface area contributed by atoms with Crippen LogP contribution in [0, 0.1) is 18.3 Å². The summed E-state index contributed by atoms with van der Waals surface area (Å²) in [5.41, 5.74) is 1.56. The third kappa shape index (κ3) is 3.96. The van der Waals surface area contributed by atoms with Crippen LogP contribution in [0.4, 0.5) is 0 Å². The van der Waals surface area contributed by atoms with Crippen molar-refractivity contribution in [3.05, 3.63) is 34.9 Å². The number of likely N-dealkylation sites (tertiary alicyclic amines) is 1. The molecule has 1 N–H and O–H groups in total. The zero-order valence-corrected chi connectivity index (χ0v) is 15.0. The number of rotatable bonds is 5. The molecule has 132 valence electrons. The first-order valence-corrected chi connectivity index (χ1v) is 8.38. The number of aryl methyl sites for hydroxylation is 1. The average molecular weight is 333 g/mol. The molecule has 0 spiro atoms. The smallest absolute Gasteiger partial charge is 0.335 e. The molecule has 5 heteroatoms. The van der Waals surface area contributed by atoms with E-state index in [0.717, 1.165) is 18.4 Å². The highest BCUT2D eigenvalue weighted by Gasteiger charge is 2.34. The first-order valence-electron chi connectivity index (χ1n) is 8.38. The molecule has 1 fully saturated rings. The van der Waals surface area contributed by atoms with Crippen molar-refractivity contribution in [2.45, 2.75) is 33.6 Å². The Bertz CT molecular complexity index is 616. The van der Waals surface area contributed by atoms with Crippen LogP contribution in [0.25, 0.3) is 0 Å². The number of aromatic carboxylic acids is 1. The van der Waals surface area contributed by atoms with Crippen LogP contribution in [0.15, 0.2) is 18.2 Å². The first kappa shape index (κ1) is 18.5. The summed E-state index contributed by atoms with van der Waals surface area (Å²) >= 11 is 0. The monoisotopic (exact) mass is 333 g/mol. The minimum atomic E-state index is -1.01. The van der Waals surface area contributed by atoms with Crippen LogP contribution >= 0.6 is 0 Å². The van der Waals surface area contributed by atoms with Gasteiger partial charge in [-0.25, -0.2) is 4.79 Å². The fourth-order valence-electron chi connectivity index (χ4n) is 3.51. The number of hydrogen-bond donors (Lipinski definition) is 1. The van der Waals surface area contributed by atoms with Crippen LogP contribution in [0.1, 0.15) is 53.0 Å². The van der Waals surface area contributed by atoms with E-state index in [1.165, 1.54) is 12.1 Å². The molecule has 0 atom stereocenters. The molecule has 0 aliphatic carbocycles. The van der Waals surface area contributed by atoms with Gasteiger partial charge in [-0.15, -0.1) is 0 Å². The molecule has 0 saturated carbocycles. The zero-order chi connectivity index (χ0) is 17.9. The Morgan fingerprint density at radius 2 is 1.92 bits per heavy atom. The molecular formula is C19H27NO4. The number of carboxylic acid groups (broad SMARTS) is 1. The first-order chi connectivity index (χ1) is 11.3. The van der Waals surface area contributed by atoms with Crippen LogP contribution < -0.4 is 0 Å². The van der Waals surface area contributed by atoms with Crippen LogP contribution in [0.2, 0.25) is 0 Å². The molecule has 0 radical (unpaired) electrons. The van der Waals surface area contributed by atoms with Gasteiger partial charge in [0.15, 0.2) is 0 Å². The Labute approximate surface area is 143 Å². The third-order valence-corrected chi connectivity index (χ3v) is 5.12. The van der Waals surface area contributed by atoms with Gasteiger partial charge in [0.25, 0.3) is 5.91 Å². The molecule has 0 unspecified atom stereocenters. The molecule has 1 aliphatic rings. The Morgan fingerprint density at radius 3 is 2.46 bits per heavy atom. The van der Waals surface area contributed by atoms with Gasteiger partial charge in [0.05, 0.1) is 12.2 Å². The van der Waals surface area contributed by atoms with Crippen molar-refractivity contribution >= 4 is 11.9 Å². The maximum Gasteiger partial charge on any atom is 0.335 e. The molecule has 1 amide bonds. The second-order valence-electron chi connectivity index (χ2n) is 7.32. The molecule has 0 bridgehead atoms. The summed E-state index contributed by atoms with van der Waals surface area (Å²) in [7, 11) is 1.72. The van der Waals surface area contributed by atoms with Gasteiger partial charge in [-0.3, -0.25) is 4.79 Å². The number of nitrogens with zero attached hydrogens (tertiary/aromatic N) is 1. The predicted octanol–water partition coefficient (Wildman–Crippen LogP) is 3.22. The second kappa shape index (κ2) is 7.34. The van der Waals surface area contributed by atoms with Gasteiger partial charge in [-0.05, 0) is 48.8 Å². The van der Waals surface area contributed by atoms with E-state index in [2.05, 4.69) is 13.8 Å². The van der Waals surface area contributed by atoms with Gasteiger partial charge in [0.1, 0.15) is 0 Å². The molecule has 24 heavy (non-hydrogen) atoms. The molecule has 1 aromatic carbocycles. The summed E-state index contributed by atoms with van der Waals surface area (Å²) in [5, 5.41) is 9.13. The minimum absolute atomic E-state index is 0.0707. The maximum atomic E-state index is 12.8. The number of methoxy groups -OCH3 is 1. The average Bonchev–Trinajstić information content (AvgIpc) is 2.54. The number of piperidine rings is 1. The van der Waals surface area contributed by atoms with Gasteiger partial charge >= 0.3 is 5.97 Å². The topological polar surface area (TPSA) is 66.8 Å². The molecule has 5 nitrogen and oxygen atoms in total. The summed E-state index contributed by atoms with van der Waals surface area (Å²) in [4.78, 5) is 25.8.